The average Bonchev–Trinajstić information content (AvgIpc) is 2.87. The van der Waals surface area contributed by atoms with Crippen LogP contribution in [0.15, 0.2) is 69.0 Å². The lowest BCUT2D eigenvalue weighted by Gasteiger charge is -2.20. The lowest BCUT2D eigenvalue weighted by Crippen LogP contribution is -2.29. The molecule has 11 heteroatoms. The van der Waals surface area contributed by atoms with Crippen LogP contribution in [0.1, 0.15) is 37.7 Å². The number of hydrogen-bond acceptors (Lipinski definition) is 7. The maximum absolute atomic E-state index is 13.4. The Kier molecular flexibility index (Phi) is 7.84. The quantitative estimate of drug-likeness (QED) is 0.137. The van der Waals surface area contributed by atoms with E-state index < -0.39 is 10.3 Å². The second-order valence-corrected chi connectivity index (χ2v) is 10.7. The molecule has 9 nitrogen and oxygen atoms in total. The van der Waals surface area contributed by atoms with Crippen LogP contribution < -0.4 is 15.0 Å². The van der Waals surface area contributed by atoms with Gasteiger partial charge in [0.2, 0.25) is 5.75 Å². The average molecular weight is 600 g/mol. The highest BCUT2D eigenvalue weighted by atomic mass is 79.9. The number of rotatable bonds is 7. The molecule has 0 unspecified atom stereocenters. The Bertz CT molecular complexity index is 1630. The molecule has 3 aromatic carbocycles. The van der Waals surface area contributed by atoms with Crippen LogP contribution in [-0.4, -0.2) is 27.9 Å². The molecule has 4 rings (SSSR count). The highest BCUT2D eigenvalue weighted by Crippen LogP contribution is 2.39. The van der Waals surface area contributed by atoms with Gasteiger partial charge in [-0.15, -0.1) is 0 Å². The summed E-state index contributed by atoms with van der Waals surface area (Å²) in [7, 11) is 1.38. The summed E-state index contributed by atoms with van der Waals surface area (Å²) in [5.41, 5.74) is 0.352. The first-order chi connectivity index (χ1) is 18.0. The van der Waals surface area contributed by atoms with Crippen LogP contribution in [0.4, 0.5) is 5.69 Å². The predicted molar refractivity (Wildman–Crippen MR) is 151 cm³/mol. The second kappa shape index (κ2) is 10.9. The largest absolute Gasteiger partial charge is 0.493 e. The van der Waals surface area contributed by atoms with Crippen molar-refractivity contribution < 1.29 is 14.4 Å². The van der Waals surface area contributed by atoms with Crippen molar-refractivity contribution in [2.75, 3.05) is 7.11 Å². The van der Waals surface area contributed by atoms with E-state index in [0.29, 0.717) is 32.9 Å². The minimum absolute atomic E-state index is 0.00691. The number of methoxy groups -OCH3 is 1. The molecule has 38 heavy (non-hydrogen) atoms. The fourth-order valence-corrected chi connectivity index (χ4v) is 4.30. The number of halogens is 2. The van der Waals surface area contributed by atoms with Gasteiger partial charge in [0.15, 0.2) is 5.75 Å². The zero-order chi connectivity index (χ0) is 27.6. The van der Waals surface area contributed by atoms with Crippen molar-refractivity contribution in [2.45, 2.75) is 32.8 Å². The molecule has 0 aliphatic rings. The van der Waals surface area contributed by atoms with Crippen LogP contribution in [0.25, 0.3) is 10.9 Å². The summed E-state index contributed by atoms with van der Waals surface area (Å²) in [6.07, 6.45) is 1.36. The Balaban J connectivity index is 1.79. The van der Waals surface area contributed by atoms with Crippen molar-refractivity contribution in [3.05, 3.63) is 102 Å². The highest BCUT2D eigenvalue weighted by molar-refractivity contribution is 9.10. The fraction of sp³-hybridized carbons (Fsp3) is 0.222. The molecule has 0 saturated heterocycles. The molecule has 0 saturated carbocycles. The Morgan fingerprint density at radius 2 is 1.92 bits per heavy atom. The second-order valence-electron chi connectivity index (χ2n) is 9.42. The van der Waals surface area contributed by atoms with E-state index in [-0.39, 0.29) is 29.4 Å². The Morgan fingerprint density at radius 3 is 2.58 bits per heavy atom. The lowest BCUT2D eigenvalue weighted by molar-refractivity contribution is -0.386. The smallest absolute Gasteiger partial charge is 0.315 e. The molecular weight excluding hydrogens is 576 g/mol. The zero-order valence-electron chi connectivity index (χ0n) is 21.1. The van der Waals surface area contributed by atoms with E-state index in [1.165, 1.54) is 24.1 Å². The third-order valence-electron chi connectivity index (χ3n) is 5.61. The monoisotopic (exact) mass is 598 g/mol. The normalized spacial score (nSPS) is 11.7. The van der Waals surface area contributed by atoms with Crippen LogP contribution in [0.2, 0.25) is 5.02 Å². The number of ether oxygens (including phenoxy) is 2. The van der Waals surface area contributed by atoms with E-state index in [1.54, 1.807) is 42.5 Å². The van der Waals surface area contributed by atoms with Crippen molar-refractivity contribution in [2.24, 2.45) is 5.10 Å². The molecule has 0 atom stereocenters. The standard InChI is InChI=1S/C27H24BrClN4O5/c1-27(2,3)26-31-21-10-9-18(28)13-19(21)25(34)32(26)30-14-16-11-22(33(35)36)24(23(12-16)37-4)38-15-17-7-5-6-8-20(17)29/h5-14H,15H2,1-4H3. The van der Waals surface area contributed by atoms with Crippen molar-refractivity contribution in [3.63, 3.8) is 0 Å². The molecule has 0 aliphatic heterocycles. The van der Waals surface area contributed by atoms with Crippen LogP contribution in [0.3, 0.4) is 0 Å². The molecule has 0 fully saturated rings. The van der Waals surface area contributed by atoms with Gasteiger partial charge in [0.25, 0.3) is 5.56 Å². The topological polar surface area (TPSA) is 109 Å². The number of nitro benzene ring substituents is 1. The Morgan fingerprint density at radius 1 is 1.18 bits per heavy atom. The first kappa shape index (κ1) is 27.3. The summed E-state index contributed by atoms with van der Waals surface area (Å²) in [6, 6.07) is 15.2. The Labute approximate surface area is 232 Å². The van der Waals surface area contributed by atoms with E-state index in [1.807, 2.05) is 26.8 Å². The minimum Gasteiger partial charge on any atom is -0.493 e. The predicted octanol–water partition coefficient (Wildman–Crippen LogP) is 6.49. The van der Waals surface area contributed by atoms with E-state index in [2.05, 4.69) is 26.0 Å². The third-order valence-corrected chi connectivity index (χ3v) is 6.47. The van der Waals surface area contributed by atoms with E-state index in [0.717, 1.165) is 4.47 Å². The van der Waals surface area contributed by atoms with Gasteiger partial charge in [-0.25, -0.2) is 4.98 Å². The van der Waals surface area contributed by atoms with Crippen LogP contribution in [-0.2, 0) is 12.0 Å². The van der Waals surface area contributed by atoms with Gasteiger partial charge >= 0.3 is 5.69 Å². The number of fused-ring (bicyclic) bond motifs is 1. The number of aromatic nitrogens is 2. The zero-order valence-corrected chi connectivity index (χ0v) is 23.4. The molecule has 0 spiro atoms. The van der Waals surface area contributed by atoms with Crippen LogP contribution in [0.5, 0.6) is 11.5 Å². The van der Waals surface area contributed by atoms with Crippen molar-refractivity contribution in [3.8, 4) is 11.5 Å². The maximum Gasteiger partial charge on any atom is 0.315 e. The number of nitrogens with zero attached hydrogens (tertiary/aromatic N) is 4. The van der Waals surface area contributed by atoms with Crippen molar-refractivity contribution >= 4 is 50.3 Å². The van der Waals surface area contributed by atoms with Gasteiger partial charge in [-0.3, -0.25) is 14.9 Å². The van der Waals surface area contributed by atoms with E-state index in [4.69, 9.17) is 21.1 Å². The summed E-state index contributed by atoms with van der Waals surface area (Å²) >= 11 is 9.58. The molecule has 0 aliphatic carbocycles. The van der Waals surface area contributed by atoms with Gasteiger partial charge in [0, 0.05) is 32.1 Å². The van der Waals surface area contributed by atoms with Crippen LogP contribution >= 0.6 is 27.5 Å². The minimum atomic E-state index is -0.566. The van der Waals surface area contributed by atoms with Gasteiger partial charge in [-0.2, -0.15) is 9.78 Å². The van der Waals surface area contributed by atoms with Gasteiger partial charge in [-0.05, 0) is 30.3 Å². The summed E-state index contributed by atoms with van der Waals surface area (Å²) in [5, 5.41) is 17.2. The summed E-state index contributed by atoms with van der Waals surface area (Å²) in [6.45, 7) is 5.77. The fourth-order valence-electron chi connectivity index (χ4n) is 3.75. The Hall–Kier alpha value is -3.76. The summed E-state index contributed by atoms with van der Waals surface area (Å²) in [4.78, 5) is 29.4. The van der Waals surface area contributed by atoms with Gasteiger partial charge in [0.05, 0.1) is 29.2 Å². The highest BCUT2D eigenvalue weighted by Gasteiger charge is 2.24. The molecule has 1 heterocycles. The third kappa shape index (κ3) is 5.71. The number of nitro groups is 1. The van der Waals surface area contributed by atoms with Gasteiger partial charge < -0.3 is 9.47 Å². The SMILES string of the molecule is COc1cc(C=Nn2c(C(C)(C)C)nc3ccc(Br)cc3c2=O)cc([N+](=O)[O-])c1OCc1ccccc1Cl. The lowest BCUT2D eigenvalue weighted by atomic mass is 9.95. The summed E-state index contributed by atoms with van der Waals surface area (Å²) < 4.78 is 13.1. The molecule has 1 aromatic heterocycles. The molecule has 4 aromatic rings. The van der Waals surface area contributed by atoms with Gasteiger partial charge in [0.1, 0.15) is 12.4 Å². The van der Waals surface area contributed by atoms with Crippen molar-refractivity contribution in [1.29, 1.82) is 0 Å². The van der Waals surface area contributed by atoms with Gasteiger partial charge in [-0.1, -0.05) is 66.5 Å². The molecular formula is C27H24BrClN4O5. The van der Waals surface area contributed by atoms with E-state index in [9.17, 15) is 14.9 Å². The van der Waals surface area contributed by atoms with E-state index >= 15 is 0 Å². The van der Waals surface area contributed by atoms with Crippen LogP contribution in [0, 0.1) is 10.1 Å². The molecule has 196 valence electrons. The molecule has 0 radical (unpaired) electrons. The van der Waals surface area contributed by atoms with Crippen molar-refractivity contribution in [1.82, 2.24) is 9.66 Å². The molecule has 0 amide bonds. The first-order valence-corrected chi connectivity index (χ1v) is 12.7. The summed E-state index contributed by atoms with van der Waals surface area (Å²) in [5.74, 6) is 0.533. The molecule has 0 N–H and O–H groups in total. The molecule has 0 bridgehead atoms. The first-order valence-electron chi connectivity index (χ1n) is 11.5. The number of benzene rings is 3. The number of hydrogen-bond donors (Lipinski definition) is 0. The maximum atomic E-state index is 13.4.